The molecule has 0 amide bonds. The summed E-state index contributed by atoms with van der Waals surface area (Å²) in [5, 5.41) is 0. The largest absolute Gasteiger partial charge is 0.383 e. The van der Waals surface area contributed by atoms with Crippen molar-refractivity contribution in [3.8, 4) is 0 Å². The monoisotopic (exact) mass is 319 g/mol. The van der Waals surface area contributed by atoms with Crippen molar-refractivity contribution < 1.29 is 0 Å². The third kappa shape index (κ3) is 3.13. The van der Waals surface area contributed by atoms with Crippen LogP contribution in [-0.2, 0) is 6.42 Å². The van der Waals surface area contributed by atoms with Crippen LogP contribution in [0.4, 0.5) is 5.82 Å². The molecule has 1 aromatic carbocycles. The van der Waals surface area contributed by atoms with Crippen molar-refractivity contribution in [2.75, 3.05) is 5.73 Å². The number of anilines is 1. The average Bonchev–Trinajstić information content (AvgIpc) is 2.36. The Labute approximate surface area is 122 Å². The minimum Gasteiger partial charge on any atom is -0.383 e. The van der Waals surface area contributed by atoms with E-state index in [1.165, 1.54) is 11.1 Å². The summed E-state index contributed by atoms with van der Waals surface area (Å²) < 4.78 is 0.816. The molecule has 0 atom stereocenters. The van der Waals surface area contributed by atoms with Crippen LogP contribution >= 0.6 is 15.9 Å². The number of aryl methyl sites for hydroxylation is 1. The van der Waals surface area contributed by atoms with E-state index in [0.717, 1.165) is 16.0 Å². The van der Waals surface area contributed by atoms with Crippen molar-refractivity contribution in [3.63, 3.8) is 0 Å². The van der Waals surface area contributed by atoms with Gasteiger partial charge in [-0.15, -0.1) is 0 Å². The molecule has 0 unspecified atom stereocenters. The zero-order valence-electron chi connectivity index (χ0n) is 11.4. The standard InChI is InChI=1S/C15H18BrN3/c1-9(2)14-13(16)15(17)19-12(18-14)8-11-7-5-4-6-10(11)3/h4-7,9H,8H2,1-3H3,(H2,17,18,19). The van der Waals surface area contributed by atoms with Crippen LogP contribution < -0.4 is 5.73 Å². The maximum absolute atomic E-state index is 5.95. The highest BCUT2D eigenvalue weighted by molar-refractivity contribution is 9.10. The number of hydrogen-bond acceptors (Lipinski definition) is 3. The van der Waals surface area contributed by atoms with Gasteiger partial charge in [-0.3, -0.25) is 0 Å². The number of nitrogens with zero attached hydrogens (tertiary/aromatic N) is 2. The Balaban J connectivity index is 2.39. The normalized spacial score (nSPS) is 11.0. The van der Waals surface area contributed by atoms with Gasteiger partial charge in [0.1, 0.15) is 11.6 Å². The van der Waals surface area contributed by atoms with Crippen molar-refractivity contribution >= 4 is 21.7 Å². The summed E-state index contributed by atoms with van der Waals surface area (Å²) in [5.41, 5.74) is 9.41. The summed E-state index contributed by atoms with van der Waals surface area (Å²) in [6, 6.07) is 8.27. The van der Waals surface area contributed by atoms with Gasteiger partial charge in [-0.05, 0) is 39.9 Å². The summed E-state index contributed by atoms with van der Waals surface area (Å²) >= 11 is 3.46. The van der Waals surface area contributed by atoms with Crippen LogP contribution in [0.2, 0.25) is 0 Å². The van der Waals surface area contributed by atoms with Gasteiger partial charge in [0.2, 0.25) is 0 Å². The minimum atomic E-state index is 0.315. The molecule has 3 nitrogen and oxygen atoms in total. The van der Waals surface area contributed by atoms with E-state index in [4.69, 9.17) is 5.73 Å². The molecule has 0 aliphatic rings. The number of rotatable bonds is 3. The van der Waals surface area contributed by atoms with Crippen molar-refractivity contribution in [2.24, 2.45) is 0 Å². The number of benzene rings is 1. The average molecular weight is 320 g/mol. The van der Waals surface area contributed by atoms with Crippen molar-refractivity contribution in [2.45, 2.75) is 33.1 Å². The molecule has 0 aliphatic heterocycles. The van der Waals surface area contributed by atoms with E-state index in [1.807, 2.05) is 12.1 Å². The van der Waals surface area contributed by atoms with E-state index < -0.39 is 0 Å². The van der Waals surface area contributed by atoms with Gasteiger partial charge in [-0.25, -0.2) is 9.97 Å². The third-order valence-corrected chi connectivity index (χ3v) is 3.92. The lowest BCUT2D eigenvalue weighted by Gasteiger charge is -2.12. The van der Waals surface area contributed by atoms with E-state index in [0.29, 0.717) is 18.2 Å². The fraction of sp³-hybridized carbons (Fsp3) is 0.333. The van der Waals surface area contributed by atoms with Gasteiger partial charge in [0.05, 0.1) is 10.2 Å². The molecule has 0 saturated carbocycles. The zero-order chi connectivity index (χ0) is 14.0. The molecule has 100 valence electrons. The van der Waals surface area contributed by atoms with E-state index in [1.54, 1.807) is 0 Å². The first-order chi connectivity index (χ1) is 8.99. The Morgan fingerprint density at radius 3 is 2.53 bits per heavy atom. The summed E-state index contributed by atoms with van der Waals surface area (Å²) in [7, 11) is 0. The predicted molar refractivity (Wildman–Crippen MR) is 82.2 cm³/mol. The number of nitrogens with two attached hydrogens (primary N) is 1. The molecule has 0 bridgehead atoms. The zero-order valence-corrected chi connectivity index (χ0v) is 13.0. The Hall–Kier alpha value is -1.42. The van der Waals surface area contributed by atoms with Gasteiger partial charge in [0, 0.05) is 6.42 Å². The molecule has 2 rings (SSSR count). The predicted octanol–water partition coefficient (Wildman–Crippen LogP) is 3.84. The molecule has 4 heteroatoms. The van der Waals surface area contributed by atoms with E-state index in [-0.39, 0.29) is 0 Å². The molecule has 2 N–H and O–H groups in total. The molecule has 19 heavy (non-hydrogen) atoms. The van der Waals surface area contributed by atoms with E-state index in [2.05, 4.69) is 58.8 Å². The molecular weight excluding hydrogens is 302 g/mol. The van der Waals surface area contributed by atoms with Crippen molar-refractivity contribution in [3.05, 3.63) is 51.4 Å². The fourth-order valence-corrected chi connectivity index (χ4v) is 2.61. The van der Waals surface area contributed by atoms with Crippen molar-refractivity contribution in [1.29, 1.82) is 0 Å². The molecule has 0 aliphatic carbocycles. The van der Waals surface area contributed by atoms with Crippen LogP contribution in [0.3, 0.4) is 0 Å². The van der Waals surface area contributed by atoms with Crippen LogP contribution in [0.1, 0.15) is 42.4 Å². The van der Waals surface area contributed by atoms with Gasteiger partial charge in [-0.2, -0.15) is 0 Å². The minimum absolute atomic E-state index is 0.315. The Bertz CT molecular complexity index is 594. The first-order valence-corrected chi connectivity index (χ1v) is 7.14. The number of hydrogen-bond donors (Lipinski definition) is 1. The molecule has 0 radical (unpaired) electrons. The van der Waals surface area contributed by atoms with Crippen LogP contribution in [0, 0.1) is 6.92 Å². The lowest BCUT2D eigenvalue weighted by Crippen LogP contribution is -2.07. The van der Waals surface area contributed by atoms with E-state index in [9.17, 15) is 0 Å². The SMILES string of the molecule is Cc1ccccc1Cc1nc(N)c(Br)c(C(C)C)n1. The lowest BCUT2D eigenvalue weighted by atomic mass is 10.1. The molecular formula is C15H18BrN3. The second kappa shape index (κ2) is 5.70. The number of aromatic nitrogens is 2. The maximum Gasteiger partial charge on any atom is 0.141 e. The van der Waals surface area contributed by atoms with Gasteiger partial charge in [-0.1, -0.05) is 38.1 Å². The number of halogens is 1. The second-order valence-electron chi connectivity index (χ2n) is 4.98. The highest BCUT2D eigenvalue weighted by Gasteiger charge is 2.13. The summed E-state index contributed by atoms with van der Waals surface area (Å²) in [6.45, 7) is 6.30. The summed E-state index contributed by atoms with van der Waals surface area (Å²) in [5.74, 6) is 1.61. The quantitative estimate of drug-likeness (QED) is 0.935. The smallest absolute Gasteiger partial charge is 0.141 e. The van der Waals surface area contributed by atoms with Crippen LogP contribution in [0.5, 0.6) is 0 Å². The summed E-state index contributed by atoms with van der Waals surface area (Å²) in [4.78, 5) is 9.00. The number of nitrogen functional groups attached to an aromatic ring is 1. The molecule has 0 saturated heterocycles. The molecule has 0 spiro atoms. The van der Waals surface area contributed by atoms with E-state index >= 15 is 0 Å². The lowest BCUT2D eigenvalue weighted by molar-refractivity contribution is 0.786. The van der Waals surface area contributed by atoms with Gasteiger partial charge in [0.25, 0.3) is 0 Å². The molecule has 1 heterocycles. The summed E-state index contributed by atoms with van der Waals surface area (Å²) in [6.07, 6.45) is 0.712. The molecule has 1 aromatic heterocycles. The van der Waals surface area contributed by atoms with Crippen molar-refractivity contribution in [1.82, 2.24) is 9.97 Å². The van der Waals surface area contributed by atoms with Crippen LogP contribution in [0.25, 0.3) is 0 Å². The van der Waals surface area contributed by atoms with Gasteiger partial charge < -0.3 is 5.73 Å². The van der Waals surface area contributed by atoms with Crippen LogP contribution in [0.15, 0.2) is 28.7 Å². The van der Waals surface area contributed by atoms with Gasteiger partial charge >= 0.3 is 0 Å². The van der Waals surface area contributed by atoms with Crippen LogP contribution in [-0.4, -0.2) is 9.97 Å². The topological polar surface area (TPSA) is 51.8 Å². The molecule has 0 fully saturated rings. The molecule has 2 aromatic rings. The maximum atomic E-state index is 5.95. The third-order valence-electron chi connectivity index (χ3n) is 3.11. The second-order valence-corrected chi connectivity index (χ2v) is 5.78. The first kappa shape index (κ1) is 14.0. The highest BCUT2D eigenvalue weighted by Crippen LogP contribution is 2.27. The highest BCUT2D eigenvalue weighted by atomic mass is 79.9. The first-order valence-electron chi connectivity index (χ1n) is 6.35. The Morgan fingerprint density at radius 2 is 1.89 bits per heavy atom. The van der Waals surface area contributed by atoms with Gasteiger partial charge in [0.15, 0.2) is 0 Å². The Morgan fingerprint density at radius 1 is 1.21 bits per heavy atom. The fourth-order valence-electron chi connectivity index (χ4n) is 1.97. The Kier molecular flexibility index (Phi) is 4.20.